The van der Waals surface area contributed by atoms with Gasteiger partial charge in [0.05, 0.1) is 5.69 Å². The zero-order valence-corrected chi connectivity index (χ0v) is 15.3. The lowest BCUT2D eigenvalue weighted by molar-refractivity contribution is -0.113. The summed E-state index contributed by atoms with van der Waals surface area (Å²) in [5.41, 5.74) is 1.37. The first-order valence-corrected chi connectivity index (χ1v) is 8.75. The van der Waals surface area contributed by atoms with Gasteiger partial charge < -0.3 is 9.73 Å². The minimum atomic E-state index is -0.544. The van der Waals surface area contributed by atoms with Gasteiger partial charge in [0.2, 0.25) is 0 Å². The van der Waals surface area contributed by atoms with E-state index in [-0.39, 0.29) is 5.70 Å². The monoisotopic (exact) mass is 398 g/mol. The molecule has 1 saturated heterocycles. The summed E-state index contributed by atoms with van der Waals surface area (Å²) in [5.74, 6) is 0.588. The van der Waals surface area contributed by atoms with Crippen LogP contribution < -0.4 is 10.2 Å². The Labute approximate surface area is 164 Å². The molecule has 2 heterocycles. The molecule has 1 aromatic heterocycles. The molecule has 0 spiro atoms. The highest BCUT2D eigenvalue weighted by Crippen LogP contribution is 2.27. The molecule has 1 aliphatic rings. The molecule has 4 rings (SSSR count). The van der Waals surface area contributed by atoms with Gasteiger partial charge in [0, 0.05) is 21.7 Å². The van der Waals surface area contributed by atoms with Crippen LogP contribution in [-0.4, -0.2) is 11.9 Å². The van der Waals surface area contributed by atoms with Crippen molar-refractivity contribution in [2.24, 2.45) is 0 Å². The number of hydrogen-bond donors (Lipinski definition) is 1. The minimum Gasteiger partial charge on any atom is -0.457 e. The van der Waals surface area contributed by atoms with Gasteiger partial charge in [-0.1, -0.05) is 29.3 Å². The van der Waals surface area contributed by atoms with Crippen molar-refractivity contribution in [1.29, 1.82) is 0 Å². The zero-order valence-electron chi connectivity index (χ0n) is 13.8. The zero-order chi connectivity index (χ0) is 19.0. The molecule has 3 aromatic rings. The second-order valence-electron chi connectivity index (χ2n) is 5.82. The maximum Gasteiger partial charge on any atom is 0.333 e. The van der Waals surface area contributed by atoms with E-state index in [4.69, 9.17) is 27.6 Å². The van der Waals surface area contributed by atoms with Crippen LogP contribution in [0.15, 0.2) is 70.8 Å². The Hall–Kier alpha value is -3.02. The van der Waals surface area contributed by atoms with Gasteiger partial charge in [-0.3, -0.25) is 4.79 Å². The van der Waals surface area contributed by atoms with Crippen LogP contribution in [0.4, 0.5) is 10.5 Å². The first kappa shape index (κ1) is 17.4. The van der Waals surface area contributed by atoms with Gasteiger partial charge in [0.1, 0.15) is 17.2 Å². The Kier molecular flexibility index (Phi) is 4.48. The SMILES string of the molecule is O=C1N/C(=C/c2ccc(-c3ccc(Cl)cc3)o2)C(=O)N1c1cccc(Cl)c1. The number of nitrogens with zero attached hydrogens (tertiary/aromatic N) is 1. The lowest BCUT2D eigenvalue weighted by atomic mass is 10.2. The van der Waals surface area contributed by atoms with Crippen molar-refractivity contribution in [3.8, 4) is 11.3 Å². The molecule has 0 unspecified atom stereocenters. The molecule has 134 valence electrons. The number of imide groups is 1. The van der Waals surface area contributed by atoms with E-state index in [1.807, 2.05) is 12.1 Å². The number of hydrogen-bond acceptors (Lipinski definition) is 3. The van der Waals surface area contributed by atoms with Crippen LogP contribution in [0.3, 0.4) is 0 Å². The molecular weight excluding hydrogens is 387 g/mol. The van der Waals surface area contributed by atoms with Crippen LogP contribution in [0.1, 0.15) is 5.76 Å². The molecule has 0 saturated carbocycles. The molecule has 1 fully saturated rings. The number of furan rings is 1. The molecule has 0 radical (unpaired) electrons. The van der Waals surface area contributed by atoms with Gasteiger partial charge in [-0.15, -0.1) is 0 Å². The van der Waals surface area contributed by atoms with Crippen molar-refractivity contribution < 1.29 is 14.0 Å². The molecule has 3 amide bonds. The van der Waals surface area contributed by atoms with Crippen molar-refractivity contribution in [2.75, 3.05) is 4.90 Å². The molecular formula is C20H12Cl2N2O3. The number of anilines is 1. The summed E-state index contributed by atoms with van der Waals surface area (Å²) in [6.07, 6.45) is 1.49. The van der Waals surface area contributed by atoms with Gasteiger partial charge in [-0.2, -0.15) is 0 Å². The third-order valence-electron chi connectivity index (χ3n) is 3.99. The molecule has 0 aliphatic carbocycles. The van der Waals surface area contributed by atoms with E-state index in [1.165, 1.54) is 6.08 Å². The predicted octanol–water partition coefficient (Wildman–Crippen LogP) is 5.35. The fourth-order valence-electron chi connectivity index (χ4n) is 2.73. The number of rotatable bonds is 3. The van der Waals surface area contributed by atoms with Crippen LogP contribution in [0.25, 0.3) is 17.4 Å². The average Bonchev–Trinajstić information content (AvgIpc) is 3.21. The van der Waals surface area contributed by atoms with Crippen molar-refractivity contribution >= 4 is 46.9 Å². The van der Waals surface area contributed by atoms with Crippen LogP contribution in [-0.2, 0) is 4.79 Å². The van der Waals surface area contributed by atoms with Gasteiger partial charge in [-0.05, 0) is 54.6 Å². The maximum absolute atomic E-state index is 12.6. The van der Waals surface area contributed by atoms with E-state index in [2.05, 4.69) is 5.32 Å². The number of nitrogens with one attached hydrogen (secondary N) is 1. The average molecular weight is 399 g/mol. The van der Waals surface area contributed by atoms with Crippen LogP contribution in [0, 0.1) is 0 Å². The van der Waals surface area contributed by atoms with E-state index in [9.17, 15) is 9.59 Å². The van der Waals surface area contributed by atoms with Crippen LogP contribution in [0.2, 0.25) is 10.0 Å². The summed E-state index contributed by atoms with van der Waals surface area (Å²) < 4.78 is 5.75. The van der Waals surface area contributed by atoms with Crippen LogP contribution >= 0.6 is 23.2 Å². The standard InChI is InChI=1S/C20H12Cl2N2O3/c21-13-6-4-12(5-7-13)18-9-8-16(27-18)11-17-19(25)24(20(26)23-17)15-3-1-2-14(22)10-15/h1-11H,(H,23,26)/b17-11+. The first-order valence-electron chi connectivity index (χ1n) is 8.00. The van der Waals surface area contributed by atoms with E-state index in [1.54, 1.807) is 48.5 Å². The number of urea groups is 1. The van der Waals surface area contributed by atoms with Crippen LogP contribution in [0.5, 0.6) is 0 Å². The van der Waals surface area contributed by atoms with Crippen molar-refractivity contribution in [3.05, 3.63) is 82.2 Å². The summed E-state index contributed by atoms with van der Waals surface area (Å²) >= 11 is 11.8. The molecule has 2 aromatic carbocycles. The Morgan fingerprint density at radius 1 is 0.926 bits per heavy atom. The minimum absolute atomic E-state index is 0.122. The number of amides is 3. The summed E-state index contributed by atoms with van der Waals surface area (Å²) in [5, 5.41) is 3.62. The summed E-state index contributed by atoms with van der Waals surface area (Å²) in [6.45, 7) is 0. The van der Waals surface area contributed by atoms with Gasteiger partial charge in [0.25, 0.3) is 5.91 Å². The largest absolute Gasteiger partial charge is 0.457 e. The van der Waals surface area contributed by atoms with Crippen molar-refractivity contribution in [3.63, 3.8) is 0 Å². The number of carbonyl (C=O) groups excluding carboxylic acids is 2. The Balaban J connectivity index is 1.61. The third-order valence-corrected chi connectivity index (χ3v) is 4.47. The van der Waals surface area contributed by atoms with Gasteiger partial charge in [0.15, 0.2) is 0 Å². The van der Waals surface area contributed by atoms with E-state index in [0.717, 1.165) is 10.5 Å². The van der Waals surface area contributed by atoms with Crippen molar-refractivity contribution in [1.82, 2.24) is 5.32 Å². The molecule has 27 heavy (non-hydrogen) atoms. The number of carbonyl (C=O) groups is 2. The normalized spacial score (nSPS) is 15.5. The molecule has 0 bridgehead atoms. The van der Waals surface area contributed by atoms with Crippen molar-refractivity contribution in [2.45, 2.75) is 0 Å². The smallest absolute Gasteiger partial charge is 0.333 e. The molecule has 7 heteroatoms. The lowest BCUT2D eigenvalue weighted by Gasteiger charge is -2.11. The number of halogens is 2. The lowest BCUT2D eigenvalue weighted by Crippen LogP contribution is -2.30. The highest BCUT2D eigenvalue weighted by molar-refractivity contribution is 6.32. The van der Waals surface area contributed by atoms with Gasteiger partial charge >= 0.3 is 6.03 Å². The van der Waals surface area contributed by atoms with E-state index < -0.39 is 11.9 Å². The quantitative estimate of drug-likeness (QED) is 0.477. The van der Waals surface area contributed by atoms with Gasteiger partial charge in [-0.25, -0.2) is 9.69 Å². The summed E-state index contributed by atoms with van der Waals surface area (Å²) in [6, 6.07) is 16.7. The maximum atomic E-state index is 12.6. The fraction of sp³-hybridized carbons (Fsp3) is 0. The first-order chi connectivity index (χ1) is 13.0. The Morgan fingerprint density at radius 3 is 2.44 bits per heavy atom. The second-order valence-corrected chi connectivity index (χ2v) is 6.69. The summed E-state index contributed by atoms with van der Waals surface area (Å²) in [4.78, 5) is 25.9. The Bertz CT molecular complexity index is 1070. The van der Waals surface area contributed by atoms with E-state index >= 15 is 0 Å². The highest BCUT2D eigenvalue weighted by atomic mass is 35.5. The van der Waals surface area contributed by atoms with E-state index in [0.29, 0.717) is 27.3 Å². The topological polar surface area (TPSA) is 62.6 Å². The Morgan fingerprint density at radius 2 is 1.70 bits per heavy atom. The molecule has 1 N–H and O–H groups in total. The third kappa shape index (κ3) is 3.47. The molecule has 0 atom stereocenters. The molecule has 1 aliphatic heterocycles. The fourth-order valence-corrected chi connectivity index (χ4v) is 3.04. The number of benzene rings is 2. The summed E-state index contributed by atoms with van der Waals surface area (Å²) in [7, 11) is 0. The molecule has 5 nitrogen and oxygen atoms in total. The highest BCUT2D eigenvalue weighted by Gasteiger charge is 2.35. The second kappa shape index (κ2) is 6.95. The predicted molar refractivity (Wildman–Crippen MR) is 105 cm³/mol.